The lowest BCUT2D eigenvalue weighted by atomic mass is 9.51. The van der Waals surface area contributed by atoms with Crippen LogP contribution in [0.25, 0.3) is 0 Å². The standard InChI is InChI=1S/C16H22N2/c1-9-2-12(8-15(17)18-9)16-13-4-10-3-11(6-13)7-14(16)5-10/h2,8,10-11,13-14,16H,3-7H2,1H3,(H2,17,18). The summed E-state index contributed by atoms with van der Waals surface area (Å²) in [5.74, 6) is 5.44. The normalized spacial score (nSPS) is 41.3. The fourth-order valence-corrected chi connectivity index (χ4v) is 5.38. The Labute approximate surface area is 109 Å². The highest BCUT2D eigenvalue weighted by Crippen LogP contribution is 2.59. The zero-order chi connectivity index (χ0) is 12.3. The molecule has 4 saturated carbocycles. The maximum absolute atomic E-state index is 5.94. The number of aryl methyl sites for hydroxylation is 1. The molecule has 5 rings (SSSR count). The van der Waals surface area contributed by atoms with Crippen molar-refractivity contribution in [1.29, 1.82) is 0 Å². The molecule has 4 aliphatic rings. The maximum Gasteiger partial charge on any atom is 0.123 e. The van der Waals surface area contributed by atoms with Crippen molar-refractivity contribution in [3.05, 3.63) is 23.4 Å². The molecule has 96 valence electrons. The molecule has 0 unspecified atom stereocenters. The molecule has 2 nitrogen and oxygen atoms in total. The zero-order valence-corrected chi connectivity index (χ0v) is 11.1. The van der Waals surface area contributed by atoms with Crippen molar-refractivity contribution < 1.29 is 0 Å². The molecular weight excluding hydrogens is 220 g/mol. The summed E-state index contributed by atoms with van der Waals surface area (Å²) in [5.41, 5.74) is 8.50. The molecule has 18 heavy (non-hydrogen) atoms. The molecule has 1 aromatic rings. The average molecular weight is 242 g/mol. The monoisotopic (exact) mass is 242 g/mol. The third-order valence-electron chi connectivity index (χ3n) is 5.61. The van der Waals surface area contributed by atoms with Gasteiger partial charge < -0.3 is 5.73 Å². The second kappa shape index (κ2) is 3.72. The highest BCUT2D eigenvalue weighted by molar-refractivity contribution is 5.37. The Morgan fingerprint density at radius 1 is 1.00 bits per heavy atom. The fraction of sp³-hybridized carbons (Fsp3) is 0.688. The van der Waals surface area contributed by atoms with Crippen LogP contribution in [-0.4, -0.2) is 4.98 Å². The molecule has 0 aliphatic heterocycles. The van der Waals surface area contributed by atoms with E-state index in [1.165, 1.54) is 37.7 Å². The van der Waals surface area contributed by atoms with Crippen molar-refractivity contribution in [2.45, 2.75) is 44.9 Å². The lowest BCUT2D eigenvalue weighted by Crippen LogP contribution is -2.43. The number of nitrogen functional groups attached to an aromatic ring is 1. The molecule has 0 atom stereocenters. The smallest absolute Gasteiger partial charge is 0.123 e. The second-order valence-corrected chi connectivity index (χ2v) is 6.92. The van der Waals surface area contributed by atoms with Crippen LogP contribution < -0.4 is 5.73 Å². The van der Waals surface area contributed by atoms with Gasteiger partial charge in [0.1, 0.15) is 5.82 Å². The number of nitrogens with two attached hydrogens (primary N) is 1. The Morgan fingerprint density at radius 2 is 1.61 bits per heavy atom. The van der Waals surface area contributed by atoms with Gasteiger partial charge in [0.25, 0.3) is 0 Å². The van der Waals surface area contributed by atoms with E-state index in [9.17, 15) is 0 Å². The predicted molar refractivity (Wildman–Crippen MR) is 73.2 cm³/mol. The topological polar surface area (TPSA) is 38.9 Å². The van der Waals surface area contributed by atoms with Crippen LogP contribution in [0, 0.1) is 30.6 Å². The minimum atomic E-state index is 0.707. The Kier molecular flexibility index (Phi) is 2.24. The van der Waals surface area contributed by atoms with Crippen molar-refractivity contribution >= 4 is 5.82 Å². The summed E-state index contributed by atoms with van der Waals surface area (Å²) < 4.78 is 0. The lowest BCUT2D eigenvalue weighted by molar-refractivity contribution is -0.00279. The van der Waals surface area contributed by atoms with E-state index in [-0.39, 0.29) is 0 Å². The summed E-state index contributed by atoms with van der Waals surface area (Å²) in [5, 5.41) is 0. The molecule has 0 saturated heterocycles. The maximum atomic E-state index is 5.94. The third-order valence-corrected chi connectivity index (χ3v) is 5.61. The van der Waals surface area contributed by atoms with Gasteiger partial charge in [0.2, 0.25) is 0 Å². The van der Waals surface area contributed by atoms with Crippen LogP contribution in [0.2, 0.25) is 0 Å². The first kappa shape index (κ1) is 10.8. The highest BCUT2D eigenvalue weighted by Gasteiger charge is 2.48. The van der Waals surface area contributed by atoms with E-state index in [0.29, 0.717) is 5.82 Å². The number of aromatic nitrogens is 1. The molecule has 0 radical (unpaired) electrons. The first-order chi connectivity index (χ1) is 8.69. The van der Waals surface area contributed by atoms with Crippen molar-refractivity contribution in [1.82, 2.24) is 4.98 Å². The summed E-state index contributed by atoms with van der Waals surface area (Å²) >= 11 is 0. The summed E-state index contributed by atoms with van der Waals surface area (Å²) in [7, 11) is 0. The Hall–Kier alpha value is -1.05. The van der Waals surface area contributed by atoms with E-state index in [1.807, 2.05) is 0 Å². The minimum Gasteiger partial charge on any atom is -0.384 e. The Morgan fingerprint density at radius 3 is 2.17 bits per heavy atom. The quantitative estimate of drug-likeness (QED) is 0.818. The van der Waals surface area contributed by atoms with Crippen LogP contribution in [-0.2, 0) is 0 Å². The van der Waals surface area contributed by atoms with Crippen LogP contribution in [0.1, 0.15) is 49.3 Å². The molecule has 0 aromatic carbocycles. The summed E-state index contributed by atoms with van der Waals surface area (Å²) in [6.07, 6.45) is 7.41. The average Bonchev–Trinajstić information content (AvgIpc) is 2.25. The molecular formula is C16H22N2. The van der Waals surface area contributed by atoms with Gasteiger partial charge in [-0.25, -0.2) is 4.98 Å². The summed E-state index contributed by atoms with van der Waals surface area (Å²) in [6, 6.07) is 4.42. The molecule has 4 bridgehead atoms. The van der Waals surface area contributed by atoms with Gasteiger partial charge >= 0.3 is 0 Å². The van der Waals surface area contributed by atoms with Crippen molar-refractivity contribution in [3.63, 3.8) is 0 Å². The zero-order valence-electron chi connectivity index (χ0n) is 11.1. The molecule has 4 aliphatic carbocycles. The molecule has 2 heteroatoms. The van der Waals surface area contributed by atoms with Crippen molar-refractivity contribution in [2.24, 2.45) is 23.7 Å². The molecule has 1 aromatic heterocycles. The first-order valence-corrected chi connectivity index (χ1v) is 7.43. The van der Waals surface area contributed by atoms with Gasteiger partial charge in [0.05, 0.1) is 0 Å². The van der Waals surface area contributed by atoms with E-state index in [2.05, 4.69) is 24.0 Å². The van der Waals surface area contributed by atoms with Gasteiger partial charge in [-0.05, 0) is 86.3 Å². The predicted octanol–water partition coefficient (Wildman–Crippen LogP) is 3.51. The highest BCUT2D eigenvalue weighted by atomic mass is 14.8. The molecule has 0 amide bonds. The number of nitrogens with zero attached hydrogens (tertiary/aromatic N) is 1. The van der Waals surface area contributed by atoms with Gasteiger partial charge in [0, 0.05) is 5.69 Å². The van der Waals surface area contributed by atoms with Crippen LogP contribution >= 0.6 is 0 Å². The largest absolute Gasteiger partial charge is 0.384 e. The first-order valence-electron chi connectivity index (χ1n) is 7.43. The number of pyridine rings is 1. The fourth-order valence-electron chi connectivity index (χ4n) is 5.38. The number of hydrogen-bond donors (Lipinski definition) is 1. The van der Waals surface area contributed by atoms with E-state index in [1.54, 1.807) is 0 Å². The molecule has 2 N–H and O–H groups in total. The van der Waals surface area contributed by atoms with Gasteiger partial charge in [0.15, 0.2) is 0 Å². The van der Waals surface area contributed by atoms with E-state index >= 15 is 0 Å². The van der Waals surface area contributed by atoms with Gasteiger partial charge in [-0.2, -0.15) is 0 Å². The third kappa shape index (κ3) is 1.58. The van der Waals surface area contributed by atoms with Crippen molar-refractivity contribution in [3.8, 4) is 0 Å². The van der Waals surface area contributed by atoms with E-state index in [4.69, 9.17) is 5.73 Å². The number of anilines is 1. The van der Waals surface area contributed by atoms with Gasteiger partial charge in [-0.3, -0.25) is 0 Å². The van der Waals surface area contributed by atoms with Gasteiger partial charge in [-0.1, -0.05) is 0 Å². The second-order valence-electron chi connectivity index (χ2n) is 6.92. The molecule has 0 spiro atoms. The van der Waals surface area contributed by atoms with Crippen LogP contribution in [0.5, 0.6) is 0 Å². The Balaban J connectivity index is 1.72. The number of rotatable bonds is 1. The SMILES string of the molecule is Cc1cc(C2C3CC4CC(C3)CC2C4)cc(N)n1. The minimum absolute atomic E-state index is 0.707. The number of hydrogen-bond acceptors (Lipinski definition) is 2. The van der Waals surface area contributed by atoms with Crippen molar-refractivity contribution in [2.75, 3.05) is 5.73 Å². The van der Waals surface area contributed by atoms with Crippen LogP contribution in [0.15, 0.2) is 12.1 Å². The van der Waals surface area contributed by atoms with E-state index in [0.717, 1.165) is 35.3 Å². The Bertz CT molecular complexity index is 432. The summed E-state index contributed by atoms with van der Waals surface area (Å²) in [4.78, 5) is 4.32. The van der Waals surface area contributed by atoms with Gasteiger partial charge in [-0.15, -0.1) is 0 Å². The molecule has 4 fully saturated rings. The lowest BCUT2D eigenvalue weighted by Gasteiger charge is -2.54. The van der Waals surface area contributed by atoms with E-state index < -0.39 is 0 Å². The molecule has 1 heterocycles. The van der Waals surface area contributed by atoms with Crippen LogP contribution in [0.4, 0.5) is 5.82 Å². The summed E-state index contributed by atoms with van der Waals surface area (Å²) in [6.45, 7) is 2.07. The van der Waals surface area contributed by atoms with Crippen LogP contribution in [0.3, 0.4) is 0 Å².